The zero-order chi connectivity index (χ0) is 18.1. The molecular formula is C22H20F2N2. The molecule has 0 amide bonds. The van der Waals surface area contributed by atoms with Crippen LogP contribution >= 0.6 is 0 Å². The van der Waals surface area contributed by atoms with Crippen molar-refractivity contribution in [3.63, 3.8) is 0 Å². The predicted molar refractivity (Wildman–Crippen MR) is 98.6 cm³/mol. The maximum atomic E-state index is 13.6. The van der Waals surface area contributed by atoms with Crippen molar-refractivity contribution < 1.29 is 8.78 Å². The number of fused-ring (bicyclic) bond motifs is 1. The number of pyridine rings is 1. The summed E-state index contributed by atoms with van der Waals surface area (Å²) in [6.07, 6.45) is 0.862. The minimum absolute atomic E-state index is 0.613. The quantitative estimate of drug-likeness (QED) is 0.668. The summed E-state index contributed by atoms with van der Waals surface area (Å²) in [5, 5.41) is 0. The lowest BCUT2D eigenvalue weighted by Crippen LogP contribution is -2.31. The van der Waals surface area contributed by atoms with Crippen molar-refractivity contribution in [1.29, 1.82) is 0 Å². The van der Waals surface area contributed by atoms with Crippen LogP contribution in [0.2, 0.25) is 0 Å². The van der Waals surface area contributed by atoms with Crippen molar-refractivity contribution >= 4 is 0 Å². The zero-order valence-corrected chi connectivity index (χ0v) is 14.7. The van der Waals surface area contributed by atoms with Gasteiger partial charge in [-0.3, -0.25) is 9.88 Å². The Morgan fingerprint density at radius 3 is 2.58 bits per heavy atom. The number of nitrogens with zero attached hydrogens (tertiary/aromatic N) is 2. The van der Waals surface area contributed by atoms with Crippen LogP contribution in [0.4, 0.5) is 8.78 Å². The normalized spacial score (nSPS) is 14.3. The van der Waals surface area contributed by atoms with Gasteiger partial charge in [-0.25, -0.2) is 8.78 Å². The van der Waals surface area contributed by atoms with Crippen molar-refractivity contribution in [2.45, 2.75) is 26.4 Å². The third-order valence-electron chi connectivity index (χ3n) is 4.94. The molecule has 2 nitrogen and oxygen atoms in total. The molecule has 0 N–H and O–H groups in total. The number of hydrogen-bond acceptors (Lipinski definition) is 2. The predicted octanol–water partition coefficient (Wildman–Crippen LogP) is 4.89. The Labute approximate surface area is 152 Å². The molecule has 0 spiro atoms. The van der Waals surface area contributed by atoms with Crippen molar-refractivity contribution in [3.05, 3.63) is 88.6 Å². The SMILES string of the molecule is Cc1cc(-c2ccc(F)c(F)c2)nc2c1CN(Cc1ccccc1)CC2. The molecule has 0 radical (unpaired) electrons. The third-order valence-corrected chi connectivity index (χ3v) is 4.94. The summed E-state index contributed by atoms with van der Waals surface area (Å²) >= 11 is 0. The zero-order valence-electron chi connectivity index (χ0n) is 14.7. The molecule has 1 aliphatic rings. The first-order valence-corrected chi connectivity index (χ1v) is 8.81. The number of benzene rings is 2. The van der Waals surface area contributed by atoms with Crippen molar-refractivity contribution in [2.75, 3.05) is 6.54 Å². The van der Waals surface area contributed by atoms with E-state index >= 15 is 0 Å². The first-order valence-electron chi connectivity index (χ1n) is 8.81. The van der Waals surface area contributed by atoms with Gasteiger partial charge in [0, 0.05) is 37.3 Å². The lowest BCUT2D eigenvalue weighted by Gasteiger charge is -2.29. The molecule has 0 saturated heterocycles. The van der Waals surface area contributed by atoms with E-state index in [4.69, 9.17) is 4.98 Å². The van der Waals surface area contributed by atoms with Gasteiger partial charge >= 0.3 is 0 Å². The van der Waals surface area contributed by atoms with Gasteiger partial charge in [0.25, 0.3) is 0 Å². The Balaban J connectivity index is 1.60. The summed E-state index contributed by atoms with van der Waals surface area (Å²) in [4.78, 5) is 7.16. The van der Waals surface area contributed by atoms with Gasteiger partial charge in [0.2, 0.25) is 0 Å². The largest absolute Gasteiger partial charge is 0.294 e. The van der Waals surface area contributed by atoms with Crippen LogP contribution in [0, 0.1) is 18.6 Å². The van der Waals surface area contributed by atoms with Crippen LogP contribution in [0.25, 0.3) is 11.3 Å². The summed E-state index contributed by atoms with van der Waals surface area (Å²) in [6.45, 7) is 4.79. The highest BCUT2D eigenvalue weighted by atomic mass is 19.2. The van der Waals surface area contributed by atoms with Crippen molar-refractivity contribution in [3.8, 4) is 11.3 Å². The summed E-state index contributed by atoms with van der Waals surface area (Å²) in [5.74, 6) is -1.67. The average Bonchev–Trinajstić information content (AvgIpc) is 2.65. The second kappa shape index (κ2) is 6.96. The summed E-state index contributed by atoms with van der Waals surface area (Å²) in [6, 6.07) is 16.4. The second-order valence-electron chi connectivity index (χ2n) is 6.82. The number of aryl methyl sites for hydroxylation is 1. The van der Waals surface area contributed by atoms with E-state index in [1.165, 1.54) is 17.2 Å². The standard InChI is InChI=1S/C22H20F2N2/c1-15-11-22(17-7-8-19(23)20(24)12-17)25-21-9-10-26(14-18(15)21)13-16-5-3-2-4-6-16/h2-8,11-12H,9-10,13-14H2,1H3. The lowest BCUT2D eigenvalue weighted by atomic mass is 9.97. The summed E-state index contributed by atoms with van der Waals surface area (Å²) in [5.41, 5.74) is 6.08. The highest BCUT2D eigenvalue weighted by Crippen LogP contribution is 2.28. The number of hydrogen-bond donors (Lipinski definition) is 0. The van der Waals surface area contributed by atoms with E-state index in [1.54, 1.807) is 6.07 Å². The molecular weight excluding hydrogens is 330 g/mol. The van der Waals surface area contributed by atoms with Gasteiger partial charge in [-0.2, -0.15) is 0 Å². The molecule has 26 heavy (non-hydrogen) atoms. The molecule has 0 bridgehead atoms. The monoisotopic (exact) mass is 350 g/mol. The van der Waals surface area contributed by atoms with E-state index in [9.17, 15) is 8.78 Å². The molecule has 0 saturated carbocycles. The molecule has 4 heteroatoms. The third kappa shape index (κ3) is 3.37. The smallest absolute Gasteiger partial charge is 0.159 e. The first kappa shape index (κ1) is 16.9. The minimum atomic E-state index is -0.839. The fourth-order valence-corrected chi connectivity index (χ4v) is 3.53. The van der Waals surface area contributed by atoms with Gasteiger partial charge in [0.15, 0.2) is 11.6 Å². The van der Waals surface area contributed by atoms with Crippen LogP contribution in [-0.4, -0.2) is 16.4 Å². The van der Waals surface area contributed by atoms with E-state index in [-0.39, 0.29) is 0 Å². The number of halogens is 2. The van der Waals surface area contributed by atoms with Crippen LogP contribution < -0.4 is 0 Å². The first-order chi connectivity index (χ1) is 12.6. The van der Waals surface area contributed by atoms with E-state index in [2.05, 4.69) is 36.1 Å². The Morgan fingerprint density at radius 1 is 1.00 bits per heavy atom. The lowest BCUT2D eigenvalue weighted by molar-refractivity contribution is 0.243. The second-order valence-corrected chi connectivity index (χ2v) is 6.82. The Morgan fingerprint density at radius 2 is 1.81 bits per heavy atom. The number of rotatable bonds is 3. The van der Waals surface area contributed by atoms with Crippen LogP contribution in [0.15, 0.2) is 54.6 Å². The highest BCUT2D eigenvalue weighted by molar-refractivity contribution is 5.61. The molecule has 1 aromatic heterocycles. The number of aromatic nitrogens is 1. The molecule has 4 rings (SSSR count). The van der Waals surface area contributed by atoms with Crippen LogP contribution in [-0.2, 0) is 19.5 Å². The molecule has 0 aliphatic carbocycles. The molecule has 3 aromatic rings. The maximum Gasteiger partial charge on any atom is 0.159 e. The maximum absolute atomic E-state index is 13.6. The van der Waals surface area contributed by atoms with Gasteiger partial charge in [0.1, 0.15) is 0 Å². The van der Waals surface area contributed by atoms with Crippen molar-refractivity contribution in [1.82, 2.24) is 9.88 Å². The highest BCUT2D eigenvalue weighted by Gasteiger charge is 2.20. The van der Waals surface area contributed by atoms with Crippen LogP contribution in [0.1, 0.15) is 22.4 Å². The average molecular weight is 350 g/mol. The van der Waals surface area contributed by atoms with Crippen molar-refractivity contribution in [2.24, 2.45) is 0 Å². The fraction of sp³-hybridized carbons (Fsp3) is 0.227. The Hall–Kier alpha value is -2.59. The Bertz CT molecular complexity index is 938. The van der Waals surface area contributed by atoms with E-state index < -0.39 is 11.6 Å². The Kier molecular flexibility index (Phi) is 4.51. The molecule has 132 valence electrons. The van der Waals surface area contributed by atoms with Gasteiger partial charge in [-0.15, -0.1) is 0 Å². The molecule has 1 aliphatic heterocycles. The van der Waals surface area contributed by atoms with E-state index in [0.717, 1.165) is 43.4 Å². The van der Waals surface area contributed by atoms with E-state index in [1.807, 2.05) is 12.1 Å². The topological polar surface area (TPSA) is 16.1 Å². The van der Waals surface area contributed by atoms with Gasteiger partial charge < -0.3 is 0 Å². The fourth-order valence-electron chi connectivity index (χ4n) is 3.53. The van der Waals surface area contributed by atoms with Crippen LogP contribution in [0.3, 0.4) is 0 Å². The molecule has 2 aromatic carbocycles. The molecule has 0 fully saturated rings. The molecule has 0 atom stereocenters. The van der Waals surface area contributed by atoms with Crippen LogP contribution in [0.5, 0.6) is 0 Å². The van der Waals surface area contributed by atoms with Gasteiger partial charge in [0.05, 0.1) is 5.69 Å². The minimum Gasteiger partial charge on any atom is -0.294 e. The van der Waals surface area contributed by atoms with Gasteiger partial charge in [-0.05, 0) is 47.9 Å². The molecule has 2 heterocycles. The molecule has 0 unspecified atom stereocenters. The summed E-state index contributed by atoms with van der Waals surface area (Å²) < 4.78 is 26.7. The van der Waals surface area contributed by atoms with Gasteiger partial charge in [-0.1, -0.05) is 30.3 Å². The van der Waals surface area contributed by atoms with E-state index in [0.29, 0.717) is 11.3 Å². The summed E-state index contributed by atoms with van der Waals surface area (Å²) in [7, 11) is 0.